The second-order valence-electron chi connectivity index (χ2n) is 2.57. The summed E-state index contributed by atoms with van der Waals surface area (Å²) in [5, 5.41) is 1.87. The first-order valence-corrected chi connectivity index (χ1v) is 5.14. The minimum atomic E-state index is 0.540. The van der Waals surface area contributed by atoms with Gasteiger partial charge in [0.1, 0.15) is 5.00 Å². The summed E-state index contributed by atoms with van der Waals surface area (Å²) in [6, 6.07) is 5.42. The maximum absolute atomic E-state index is 5.86. The Balaban J connectivity index is 2.46. The summed E-state index contributed by atoms with van der Waals surface area (Å²) in [7, 11) is 0. The van der Waals surface area contributed by atoms with Gasteiger partial charge >= 0.3 is 0 Å². The second-order valence-corrected chi connectivity index (χ2v) is 4.23. The summed E-state index contributed by atoms with van der Waals surface area (Å²) in [6.45, 7) is 0. The topological polar surface area (TPSA) is 41.8 Å². The van der Waals surface area contributed by atoms with Crippen LogP contribution in [0.15, 0.2) is 18.2 Å². The molecule has 0 unspecified atom stereocenters. The summed E-state index contributed by atoms with van der Waals surface area (Å²) in [4.78, 5) is 0. The Bertz CT molecular complexity index is 433. The molecule has 1 heterocycles. The number of anilines is 1. The highest BCUT2D eigenvalue weighted by Gasteiger charge is 2.08. The SMILES string of the molecule is Nc1s[nH]c1-c1ccc(Cl)c(Cl)c1. The fourth-order valence-electron chi connectivity index (χ4n) is 1.01. The molecule has 0 amide bonds. The van der Waals surface area contributed by atoms with Gasteiger partial charge in [-0.3, -0.25) is 0 Å². The molecule has 0 bridgehead atoms. The molecule has 0 radical (unpaired) electrons. The lowest BCUT2D eigenvalue weighted by Crippen LogP contribution is -1.93. The molecule has 0 aliphatic rings. The largest absolute Gasteiger partial charge is 0.388 e. The molecule has 0 aliphatic heterocycles. The van der Waals surface area contributed by atoms with Crippen LogP contribution in [0.25, 0.3) is 11.3 Å². The monoisotopic (exact) mass is 232 g/mol. The lowest BCUT2D eigenvalue weighted by Gasteiger charge is -2.08. The van der Waals surface area contributed by atoms with E-state index in [1.54, 1.807) is 12.1 Å². The highest BCUT2D eigenvalue weighted by atomic mass is 35.5. The third kappa shape index (κ3) is 1.55. The van der Waals surface area contributed by atoms with Gasteiger partial charge in [0.25, 0.3) is 0 Å². The van der Waals surface area contributed by atoms with Crippen LogP contribution in [0.5, 0.6) is 0 Å². The Kier molecular flexibility index (Phi) is 2.24. The molecule has 13 heavy (non-hydrogen) atoms. The average molecular weight is 233 g/mol. The van der Waals surface area contributed by atoms with Crippen LogP contribution >= 0.6 is 34.7 Å². The van der Waals surface area contributed by atoms with Gasteiger partial charge in [-0.05, 0) is 23.7 Å². The Hall–Kier alpha value is -0.640. The Morgan fingerprint density at radius 2 is 2.00 bits per heavy atom. The number of halogens is 2. The van der Waals surface area contributed by atoms with E-state index < -0.39 is 0 Å². The van der Waals surface area contributed by atoms with Crippen molar-refractivity contribution >= 4 is 39.7 Å². The van der Waals surface area contributed by atoms with Crippen molar-refractivity contribution in [3.05, 3.63) is 28.2 Å². The molecule has 1 aromatic heterocycles. The summed E-state index contributed by atoms with van der Waals surface area (Å²) >= 11 is 13.0. The summed E-state index contributed by atoms with van der Waals surface area (Å²) in [5.41, 5.74) is 7.53. The third-order valence-corrected chi connectivity index (χ3v) is 3.19. The van der Waals surface area contributed by atoms with Gasteiger partial charge in [-0.15, -0.1) is 0 Å². The van der Waals surface area contributed by atoms with Gasteiger partial charge in [0, 0.05) is 5.56 Å². The number of nitrogens with two attached hydrogens (primary N) is 1. The van der Waals surface area contributed by atoms with Crippen molar-refractivity contribution < 1.29 is 0 Å². The second kappa shape index (κ2) is 3.25. The van der Waals surface area contributed by atoms with Crippen LogP contribution in [-0.2, 0) is 0 Å². The molecule has 0 saturated carbocycles. The molecule has 2 nitrogen and oxygen atoms in total. The highest BCUT2D eigenvalue weighted by Crippen LogP contribution is 2.33. The van der Waals surface area contributed by atoms with E-state index in [2.05, 4.69) is 4.37 Å². The van der Waals surface area contributed by atoms with Gasteiger partial charge in [-0.2, -0.15) is 0 Å². The molecule has 0 spiro atoms. The van der Waals surface area contributed by atoms with Crippen LogP contribution in [-0.4, -0.2) is 4.37 Å². The molecule has 0 aliphatic carbocycles. The number of aromatic amines is 1. The fraction of sp³-hybridized carbons (Fsp3) is 0. The smallest absolute Gasteiger partial charge is 0.128 e. The first-order chi connectivity index (χ1) is 6.18. The standard InChI is InChI=1S/C8H6Cl2N2S/c9-5-2-1-4(3-6(5)10)7-8(11)13-12-7/h1-3,12H,11H2. The van der Waals surface area contributed by atoms with Crippen LogP contribution < -0.4 is 5.73 Å². The molecular weight excluding hydrogens is 227 g/mol. The molecule has 0 atom stereocenters. The lowest BCUT2D eigenvalue weighted by molar-refractivity contribution is 1.48. The fourth-order valence-corrected chi connectivity index (χ4v) is 1.87. The van der Waals surface area contributed by atoms with Crippen LogP contribution in [0.3, 0.4) is 0 Å². The van der Waals surface area contributed by atoms with E-state index in [0.717, 1.165) is 16.3 Å². The first-order valence-electron chi connectivity index (χ1n) is 3.56. The summed E-state index contributed by atoms with van der Waals surface area (Å²) in [6.07, 6.45) is 0. The summed E-state index contributed by atoms with van der Waals surface area (Å²) < 4.78 is 3.03. The lowest BCUT2D eigenvalue weighted by atomic mass is 10.2. The van der Waals surface area contributed by atoms with Crippen LogP contribution in [0, 0.1) is 0 Å². The van der Waals surface area contributed by atoms with E-state index in [-0.39, 0.29) is 0 Å². The maximum Gasteiger partial charge on any atom is 0.128 e. The van der Waals surface area contributed by atoms with Gasteiger partial charge in [-0.25, -0.2) is 0 Å². The Morgan fingerprint density at radius 1 is 1.23 bits per heavy atom. The van der Waals surface area contributed by atoms with Gasteiger partial charge in [0.05, 0.1) is 15.7 Å². The van der Waals surface area contributed by atoms with Crippen molar-refractivity contribution in [3.63, 3.8) is 0 Å². The number of rotatable bonds is 1. The number of nitrogens with one attached hydrogen (secondary N) is 1. The van der Waals surface area contributed by atoms with Crippen molar-refractivity contribution in [2.45, 2.75) is 0 Å². The molecule has 68 valence electrons. The van der Waals surface area contributed by atoms with E-state index in [9.17, 15) is 0 Å². The molecule has 3 N–H and O–H groups in total. The number of H-pyrrole nitrogens is 1. The highest BCUT2D eigenvalue weighted by molar-refractivity contribution is 7.12. The molecule has 0 saturated heterocycles. The van der Waals surface area contributed by atoms with Gasteiger partial charge in [0.15, 0.2) is 0 Å². The van der Waals surface area contributed by atoms with Gasteiger partial charge in [-0.1, -0.05) is 29.3 Å². The number of nitrogen functional groups attached to an aromatic ring is 1. The number of aromatic nitrogens is 1. The predicted octanol–water partition coefficient (Wildman–Crippen LogP) is 3.63. The van der Waals surface area contributed by atoms with E-state index in [4.69, 9.17) is 28.9 Å². The number of hydrogen-bond donors (Lipinski definition) is 2. The van der Waals surface area contributed by atoms with Crippen LogP contribution in [0.2, 0.25) is 10.0 Å². The molecule has 2 aromatic rings. The molecule has 5 heteroatoms. The van der Waals surface area contributed by atoms with Gasteiger partial charge < -0.3 is 10.1 Å². The van der Waals surface area contributed by atoms with Crippen molar-refractivity contribution in [1.82, 2.24) is 4.37 Å². The zero-order valence-electron chi connectivity index (χ0n) is 6.47. The third-order valence-electron chi connectivity index (χ3n) is 1.72. The van der Waals surface area contributed by atoms with Crippen molar-refractivity contribution in [2.75, 3.05) is 5.73 Å². The zero-order chi connectivity index (χ0) is 9.42. The van der Waals surface area contributed by atoms with E-state index in [1.807, 2.05) is 6.07 Å². The minimum absolute atomic E-state index is 0.540. The van der Waals surface area contributed by atoms with Crippen LogP contribution in [0.1, 0.15) is 0 Å². The van der Waals surface area contributed by atoms with E-state index >= 15 is 0 Å². The Labute approximate surface area is 89.4 Å². The Morgan fingerprint density at radius 3 is 2.46 bits per heavy atom. The zero-order valence-corrected chi connectivity index (χ0v) is 8.80. The predicted molar refractivity (Wildman–Crippen MR) is 58.5 cm³/mol. The number of benzene rings is 1. The van der Waals surface area contributed by atoms with Crippen LogP contribution in [0.4, 0.5) is 5.00 Å². The van der Waals surface area contributed by atoms with Crippen molar-refractivity contribution in [2.24, 2.45) is 0 Å². The molecular formula is C8H6Cl2N2S. The van der Waals surface area contributed by atoms with Crippen molar-refractivity contribution in [1.29, 1.82) is 0 Å². The average Bonchev–Trinajstić information content (AvgIpc) is 2.09. The van der Waals surface area contributed by atoms with E-state index in [1.165, 1.54) is 11.5 Å². The maximum atomic E-state index is 5.86. The number of hydrogen-bond acceptors (Lipinski definition) is 2. The normalized spacial score (nSPS) is 10.6. The quantitative estimate of drug-likeness (QED) is 0.775. The molecule has 1 aromatic carbocycles. The van der Waals surface area contributed by atoms with Crippen molar-refractivity contribution in [3.8, 4) is 11.3 Å². The first kappa shape index (κ1) is 8.94. The minimum Gasteiger partial charge on any atom is -0.388 e. The summed E-state index contributed by atoms with van der Waals surface area (Å²) in [5.74, 6) is 0. The van der Waals surface area contributed by atoms with E-state index in [0.29, 0.717) is 10.0 Å². The molecule has 2 rings (SSSR count). The molecule has 0 fully saturated rings. The van der Waals surface area contributed by atoms with Gasteiger partial charge in [0.2, 0.25) is 0 Å².